The number of nitrogens with zero attached hydrogens (tertiary/aromatic N) is 3. The van der Waals surface area contributed by atoms with Crippen LogP contribution >= 0.6 is 0 Å². The number of aryl methyl sites for hydroxylation is 2. The largest absolute Gasteiger partial charge is 0.485 e. The van der Waals surface area contributed by atoms with Crippen LogP contribution in [0.3, 0.4) is 0 Å². The Morgan fingerprint density at radius 2 is 2.09 bits per heavy atom. The van der Waals surface area contributed by atoms with Crippen molar-refractivity contribution < 1.29 is 14.2 Å². The monoisotopic (exact) mass is 305 g/mol. The quantitative estimate of drug-likeness (QED) is 0.578. The summed E-state index contributed by atoms with van der Waals surface area (Å²) in [5.74, 6) is 1.10. The minimum absolute atomic E-state index is 0.0177. The normalized spacial score (nSPS) is 10.9. The molecule has 2 rings (SSSR count). The highest BCUT2D eigenvalue weighted by molar-refractivity contribution is 5.45. The summed E-state index contributed by atoms with van der Waals surface area (Å²) in [5.41, 5.74) is 1.92. The maximum atomic E-state index is 10.9. The van der Waals surface area contributed by atoms with Gasteiger partial charge in [0, 0.05) is 24.7 Å². The van der Waals surface area contributed by atoms with Crippen LogP contribution in [-0.2, 0) is 6.54 Å². The van der Waals surface area contributed by atoms with E-state index < -0.39 is 4.92 Å². The molecule has 118 valence electrons. The van der Waals surface area contributed by atoms with E-state index in [9.17, 15) is 10.1 Å². The van der Waals surface area contributed by atoms with Crippen molar-refractivity contribution in [2.75, 3.05) is 20.2 Å². The van der Waals surface area contributed by atoms with E-state index >= 15 is 0 Å². The highest BCUT2D eigenvalue weighted by Crippen LogP contribution is 2.25. The second-order valence-corrected chi connectivity index (χ2v) is 5.11. The maximum absolute atomic E-state index is 10.9. The molecule has 0 aliphatic rings. The fourth-order valence-electron chi connectivity index (χ4n) is 2.12. The molecular weight excluding hydrogens is 286 g/mol. The molecule has 0 aliphatic carbocycles. The van der Waals surface area contributed by atoms with Gasteiger partial charge in [0.1, 0.15) is 12.4 Å². The fourth-order valence-corrected chi connectivity index (χ4v) is 2.12. The predicted molar refractivity (Wildman–Crippen MR) is 80.9 cm³/mol. The summed E-state index contributed by atoms with van der Waals surface area (Å²) in [7, 11) is 1.95. The average molecular weight is 305 g/mol. The first-order valence-electron chi connectivity index (χ1n) is 6.95. The summed E-state index contributed by atoms with van der Waals surface area (Å²) in [4.78, 5) is 12.5. The molecule has 0 unspecified atom stereocenters. The van der Waals surface area contributed by atoms with E-state index in [-0.39, 0.29) is 5.69 Å². The molecule has 1 aromatic heterocycles. The van der Waals surface area contributed by atoms with E-state index in [0.29, 0.717) is 25.4 Å². The van der Waals surface area contributed by atoms with E-state index in [1.807, 2.05) is 20.9 Å². The number of ether oxygens (including phenoxy) is 1. The molecular formula is C15H19N3O4. The lowest BCUT2D eigenvalue weighted by Crippen LogP contribution is -2.24. The second kappa shape index (κ2) is 7.04. The third-order valence-corrected chi connectivity index (χ3v) is 3.40. The molecule has 2 aromatic rings. The zero-order valence-electron chi connectivity index (χ0n) is 12.9. The Hall–Kier alpha value is -2.41. The number of para-hydroxylation sites is 2. The third-order valence-electron chi connectivity index (χ3n) is 3.40. The van der Waals surface area contributed by atoms with E-state index in [2.05, 4.69) is 10.1 Å². The second-order valence-electron chi connectivity index (χ2n) is 5.11. The van der Waals surface area contributed by atoms with Gasteiger partial charge in [-0.15, -0.1) is 0 Å². The summed E-state index contributed by atoms with van der Waals surface area (Å²) in [6.07, 6.45) is 0. The Bertz CT molecular complexity index is 634. The minimum Gasteiger partial charge on any atom is -0.485 e. The molecule has 0 amide bonds. The van der Waals surface area contributed by atoms with Gasteiger partial charge >= 0.3 is 5.69 Å². The Kier molecular flexibility index (Phi) is 5.11. The number of nitro benzene ring substituents is 1. The van der Waals surface area contributed by atoms with Crippen molar-refractivity contribution in [3.05, 3.63) is 51.4 Å². The van der Waals surface area contributed by atoms with E-state index in [1.165, 1.54) is 6.07 Å². The summed E-state index contributed by atoms with van der Waals surface area (Å²) in [5, 5.41) is 14.8. The molecule has 0 bridgehead atoms. The number of hydrogen-bond donors (Lipinski definition) is 0. The topological polar surface area (TPSA) is 81.6 Å². The SMILES string of the molecule is Cc1noc(C)c1CN(C)CCOc1ccccc1[N+](=O)[O-]. The summed E-state index contributed by atoms with van der Waals surface area (Å²) >= 11 is 0. The van der Waals surface area contributed by atoms with Crippen molar-refractivity contribution in [3.63, 3.8) is 0 Å². The third kappa shape index (κ3) is 3.82. The fraction of sp³-hybridized carbons (Fsp3) is 0.400. The van der Waals surface area contributed by atoms with Gasteiger partial charge in [-0.1, -0.05) is 17.3 Å². The molecule has 1 heterocycles. The molecule has 1 aromatic carbocycles. The van der Waals surface area contributed by atoms with E-state index in [1.54, 1.807) is 18.2 Å². The number of nitro groups is 1. The number of benzene rings is 1. The lowest BCUT2D eigenvalue weighted by atomic mass is 10.2. The van der Waals surface area contributed by atoms with Crippen LogP contribution in [0.15, 0.2) is 28.8 Å². The molecule has 0 saturated carbocycles. The summed E-state index contributed by atoms with van der Waals surface area (Å²) < 4.78 is 10.7. The van der Waals surface area contributed by atoms with Crippen molar-refractivity contribution >= 4 is 5.69 Å². The van der Waals surface area contributed by atoms with Crippen LogP contribution in [0.1, 0.15) is 17.0 Å². The van der Waals surface area contributed by atoms with Crippen molar-refractivity contribution in [2.24, 2.45) is 0 Å². The zero-order valence-corrected chi connectivity index (χ0v) is 12.9. The van der Waals surface area contributed by atoms with Gasteiger partial charge in [-0.2, -0.15) is 0 Å². The van der Waals surface area contributed by atoms with Crippen molar-refractivity contribution in [1.29, 1.82) is 0 Å². The molecule has 0 fully saturated rings. The number of hydrogen-bond acceptors (Lipinski definition) is 6. The molecule has 0 atom stereocenters. The molecule has 0 N–H and O–H groups in total. The Labute approximate surface area is 128 Å². The van der Waals surface area contributed by atoms with Crippen molar-refractivity contribution in [1.82, 2.24) is 10.1 Å². The molecule has 0 radical (unpaired) electrons. The van der Waals surface area contributed by atoms with Crippen LogP contribution in [0.25, 0.3) is 0 Å². The van der Waals surface area contributed by atoms with Gasteiger partial charge < -0.3 is 9.26 Å². The van der Waals surface area contributed by atoms with Crippen molar-refractivity contribution in [3.8, 4) is 5.75 Å². The van der Waals surface area contributed by atoms with Crippen LogP contribution in [0.2, 0.25) is 0 Å². The van der Waals surface area contributed by atoms with Gasteiger partial charge in [0.05, 0.1) is 10.6 Å². The number of likely N-dealkylation sites (N-methyl/N-ethyl adjacent to an activating group) is 1. The Balaban J connectivity index is 1.88. The highest BCUT2D eigenvalue weighted by Gasteiger charge is 2.14. The number of aromatic nitrogens is 1. The first kappa shape index (κ1) is 16.0. The van der Waals surface area contributed by atoms with Crippen LogP contribution < -0.4 is 4.74 Å². The average Bonchev–Trinajstić information content (AvgIpc) is 2.79. The smallest absolute Gasteiger partial charge is 0.310 e. The van der Waals surface area contributed by atoms with Gasteiger partial charge in [0.25, 0.3) is 0 Å². The predicted octanol–water partition coefficient (Wildman–Crippen LogP) is 2.71. The molecule has 0 spiro atoms. The molecule has 0 aliphatic heterocycles. The standard InChI is InChI=1S/C15H19N3O4/c1-11-13(12(2)22-16-11)10-17(3)8-9-21-15-7-5-4-6-14(15)18(19)20/h4-7H,8-10H2,1-3H3. The van der Waals surface area contributed by atoms with Gasteiger partial charge in [0.2, 0.25) is 0 Å². The van der Waals surface area contributed by atoms with E-state index in [0.717, 1.165) is 17.0 Å². The van der Waals surface area contributed by atoms with E-state index in [4.69, 9.17) is 9.26 Å². The highest BCUT2D eigenvalue weighted by atomic mass is 16.6. The summed E-state index contributed by atoms with van der Waals surface area (Å²) in [6.45, 7) is 5.48. The van der Waals surface area contributed by atoms with Gasteiger partial charge in [-0.25, -0.2) is 0 Å². The first-order valence-corrected chi connectivity index (χ1v) is 6.95. The lowest BCUT2D eigenvalue weighted by Gasteiger charge is -2.16. The Morgan fingerprint density at radius 3 is 2.73 bits per heavy atom. The van der Waals surface area contributed by atoms with Gasteiger partial charge in [-0.05, 0) is 27.0 Å². The van der Waals surface area contributed by atoms with Crippen LogP contribution in [0.4, 0.5) is 5.69 Å². The van der Waals surface area contributed by atoms with Crippen LogP contribution in [0.5, 0.6) is 5.75 Å². The first-order chi connectivity index (χ1) is 10.5. The van der Waals surface area contributed by atoms with Crippen molar-refractivity contribution in [2.45, 2.75) is 20.4 Å². The lowest BCUT2D eigenvalue weighted by molar-refractivity contribution is -0.385. The molecule has 7 nitrogen and oxygen atoms in total. The molecule has 7 heteroatoms. The van der Waals surface area contributed by atoms with Gasteiger partial charge in [0.15, 0.2) is 5.75 Å². The zero-order chi connectivity index (χ0) is 16.1. The van der Waals surface area contributed by atoms with Crippen LogP contribution in [0, 0.1) is 24.0 Å². The number of rotatable bonds is 7. The Morgan fingerprint density at radius 1 is 1.36 bits per heavy atom. The van der Waals surface area contributed by atoms with Gasteiger partial charge in [-0.3, -0.25) is 15.0 Å². The minimum atomic E-state index is -0.442. The maximum Gasteiger partial charge on any atom is 0.310 e. The molecule has 0 saturated heterocycles. The van der Waals surface area contributed by atoms with Crippen LogP contribution in [-0.4, -0.2) is 35.2 Å². The molecule has 22 heavy (non-hydrogen) atoms. The summed E-state index contributed by atoms with van der Waals surface area (Å²) in [6, 6.07) is 6.37.